The van der Waals surface area contributed by atoms with Gasteiger partial charge in [0.05, 0.1) is 18.0 Å². The first-order valence-electron chi connectivity index (χ1n) is 4.82. The van der Waals surface area contributed by atoms with Crippen LogP contribution in [0.5, 0.6) is 0 Å². The Labute approximate surface area is 91.5 Å². The van der Waals surface area contributed by atoms with Gasteiger partial charge in [-0.05, 0) is 13.8 Å². The molecule has 0 bridgehead atoms. The van der Waals surface area contributed by atoms with Crippen LogP contribution in [0, 0.1) is 0 Å². The SMILES string of the molecule is CC(C)n1cc(-c2oncc2C(=O)O)cn1. The number of aromatic carboxylic acids is 1. The molecule has 2 aromatic rings. The van der Waals surface area contributed by atoms with Crippen LogP contribution in [0.2, 0.25) is 0 Å². The molecule has 6 nitrogen and oxygen atoms in total. The fourth-order valence-corrected chi connectivity index (χ4v) is 1.34. The van der Waals surface area contributed by atoms with E-state index in [9.17, 15) is 4.79 Å². The van der Waals surface area contributed by atoms with Gasteiger partial charge in [0.2, 0.25) is 0 Å². The lowest BCUT2D eigenvalue weighted by Crippen LogP contribution is -1.99. The molecule has 0 saturated carbocycles. The molecular weight excluding hydrogens is 210 g/mol. The molecule has 0 saturated heterocycles. The van der Waals surface area contributed by atoms with Crippen LogP contribution < -0.4 is 0 Å². The van der Waals surface area contributed by atoms with Gasteiger partial charge < -0.3 is 9.63 Å². The largest absolute Gasteiger partial charge is 0.477 e. The van der Waals surface area contributed by atoms with Crippen LogP contribution in [0.4, 0.5) is 0 Å². The maximum atomic E-state index is 10.9. The third kappa shape index (κ3) is 1.69. The maximum Gasteiger partial charge on any atom is 0.341 e. The van der Waals surface area contributed by atoms with Gasteiger partial charge in [-0.2, -0.15) is 5.10 Å². The summed E-state index contributed by atoms with van der Waals surface area (Å²) in [6, 6.07) is 0.213. The summed E-state index contributed by atoms with van der Waals surface area (Å²) >= 11 is 0. The molecule has 0 amide bonds. The second-order valence-electron chi connectivity index (χ2n) is 3.68. The summed E-state index contributed by atoms with van der Waals surface area (Å²) in [6.45, 7) is 3.96. The van der Waals surface area contributed by atoms with E-state index >= 15 is 0 Å². The fraction of sp³-hybridized carbons (Fsp3) is 0.300. The van der Waals surface area contributed by atoms with Crippen LogP contribution in [-0.2, 0) is 0 Å². The highest BCUT2D eigenvalue weighted by atomic mass is 16.5. The topological polar surface area (TPSA) is 81.2 Å². The van der Waals surface area contributed by atoms with Crippen molar-refractivity contribution in [2.45, 2.75) is 19.9 Å². The predicted octanol–water partition coefficient (Wildman–Crippen LogP) is 1.82. The van der Waals surface area contributed by atoms with Crippen LogP contribution >= 0.6 is 0 Å². The molecule has 2 heterocycles. The Morgan fingerprint density at radius 1 is 1.50 bits per heavy atom. The highest BCUT2D eigenvalue weighted by Crippen LogP contribution is 2.23. The molecule has 1 N–H and O–H groups in total. The minimum Gasteiger partial charge on any atom is -0.477 e. The standard InChI is InChI=1S/C10H11N3O3/c1-6(2)13-5-7(3-11-13)9-8(10(14)15)4-12-16-9/h3-6H,1-2H3,(H,14,15). The summed E-state index contributed by atoms with van der Waals surface area (Å²) in [7, 11) is 0. The highest BCUT2D eigenvalue weighted by Gasteiger charge is 2.18. The van der Waals surface area contributed by atoms with Crippen molar-refractivity contribution in [3.63, 3.8) is 0 Å². The van der Waals surface area contributed by atoms with Crippen molar-refractivity contribution in [1.29, 1.82) is 0 Å². The molecule has 0 aromatic carbocycles. The van der Waals surface area contributed by atoms with Crippen LogP contribution in [0.25, 0.3) is 11.3 Å². The van der Waals surface area contributed by atoms with Crippen molar-refractivity contribution in [2.75, 3.05) is 0 Å². The van der Waals surface area contributed by atoms with Gasteiger partial charge in [0.1, 0.15) is 5.56 Å². The van der Waals surface area contributed by atoms with Crippen molar-refractivity contribution in [3.8, 4) is 11.3 Å². The second-order valence-corrected chi connectivity index (χ2v) is 3.68. The summed E-state index contributed by atoms with van der Waals surface area (Å²) in [5.74, 6) is -0.826. The van der Waals surface area contributed by atoms with Crippen LogP contribution in [0.3, 0.4) is 0 Å². The molecule has 84 valence electrons. The van der Waals surface area contributed by atoms with Gasteiger partial charge in [-0.1, -0.05) is 5.16 Å². The molecule has 6 heteroatoms. The summed E-state index contributed by atoms with van der Waals surface area (Å²) in [4.78, 5) is 10.9. The molecule has 16 heavy (non-hydrogen) atoms. The lowest BCUT2D eigenvalue weighted by atomic mass is 10.2. The van der Waals surface area contributed by atoms with Gasteiger partial charge in [0.15, 0.2) is 5.76 Å². The van der Waals surface area contributed by atoms with Gasteiger partial charge in [0.25, 0.3) is 0 Å². The van der Waals surface area contributed by atoms with Crippen LogP contribution in [-0.4, -0.2) is 26.0 Å². The van der Waals surface area contributed by atoms with E-state index < -0.39 is 5.97 Å². The van der Waals surface area contributed by atoms with Gasteiger partial charge >= 0.3 is 5.97 Å². The molecule has 2 aromatic heterocycles. The first kappa shape index (κ1) is 10.4. The van der Waals surface area contributed by atoms with Gasteiger partial charge in [-0.15, -0.1) is 0 Å². The zero-order valence-electron chi connectivity index (χ0n) is 8.91. The lowest BCUT2D eigenvalue weighted by molar-refractivity contribution is 0.0697. The third-order valence-electron chi connectivity index (χ3n) is 2.19. The van der Waals surface area contributed by atoms with Crippen molar-refractivity contribution >= 4 is 5.97 Å². The first-order chi connectivity index (χ1) is 7.59. The fourth-order valence-electron chi connectivity index (χ4n) is 1.34. The second kappa shape index (κ2) is 3.80. The van der Waals surface area contributed by atoms with Crippen molar-refractivity contribution < 1.29 is 14.4 Å². The van der Waals surface area contributed by atoms with Gasteiger partial charge in [0, 0.05) is 12.2 Å². The predicted molar refractivity (Wildman–Crippen MR) is 55.1 cm³/mol. The number of hydrogen-bond donors (Lipinski definition) is 1. The average molecular weight is 221 g/mol. The molecule has 0 unspecified atom stereocenters. The van der Waals surface area contributed by atoms with Gasteiger partial charge in [-0.3, -0.25) is 4.68 Å². The Balaban J connectivity index is 2.42. The molecule has 0 aliphatic heterocycles. The molecular formula is C10H11N3O3. The summed E-state index contributed by atoms with van der Waals surface area (Å²) in [5.41, 5.74) is 0.659. The minimum absolute atomic E-state index is 0.0447. The maximum absolute atomic E-state index is 10.9. The van der Waals surface area contributed by atoms with E-state index in [2.05, 4.69) is 10.3 Å². The quantitative estimate of drug-likeness (QED) is 0.854. The Morgan fingerprint density at radius 2 is 2.25 bits per heavy atom. The van der Waals surface area contributed by atoms with E-state index in [0.29, 0.717) is 5.56 Å². The number of rotatable bonds is 3. The van der Waals surface area contributed by atoms with E-state index in [0.717, 1.165) is 0 Å². The summed E-state index contributed by atoms with van der Waals surface area (Å²) < 4.78 is 6.65. The zero-order chi connectivity index (χ0) is 11.7. The molecule has 0 spiro atoms. The average Bonchev–Trinajstić information content (AvgIpc) is 2.86. The van der Waals surface area contributed by atoms with E-state index in [1.54, 1.807) is 17.1 Å². The molecule has 2 rings (SSSR count). The number of nitrogens with zero attached hydrogens (tertiary/aromatic N) is 3. The lowest BCUT2D eigenvalue weighted by Gasteiger charge is -2.02. The zero-order valence-corrected chi connectivity index (χ0v) is 8.91. The number of carboxylic acid groups (broad SMARTS) is 1. The third-order valence-corrected chi connectivity index (χ3v) is 2.19. The Morgan fingerprint density at radius 3 is 2.81 bits per heavy atom. The van der Waals surface area contributed by atoms with Crippen LogP contribution in [0.15, 0.2) is 23.1 Å². The normalized spacial score (nSPS) is 10.9. The number of carboxylic acids is 1. The van der Waals surface area contributed by atoms with E-state index in [1.807, 2.05) is 13.8 Å². The van der Waals surface area contributed by atoms with Crippen molar-refractivity contribution in [2.24, 2.45) is 0 Å². The van der Waals surface area contributed by atoms with E-state index in [4.69, 9.17) is 9.63 Å². The first-order valence-corrected chi connectivity index (χ1v) is 4.82. The van der Waals surface area contributed by atoms with Crippen molar-refractivity contribution in [1.82, 2.24) is 14.9 Å². The Kier molecular flexibility index (Phi) is 2.47. The van der Waals surface area contributed by atoms with Crippen molar-refractivity contribution in [3.05, 3.63) is 24.2 Å². The van der Waals surface area contributed by atoms with Gasteiger partial charge in [-0.25, -0.2) is 4.79 Å². The Hall–Kier alpha value is -2.11. The molecule has 0 fully saturated rings. The highest BCUT2D eigenvalue weighted by molar-refractivity contribution is 5.93. The molecule has 0 radical (unpaired) electrons. The van der Waals surface area contributed by atoms with Crippen LogP contribution in [0.1, 0.15) is 30.2 Å². The van der Waals surface area contributed by atoms with E-state index in [-0.39, 0.29) is 17.4 Å². The number of aromatic nitrogens is 3. The monoisotopic (exact) mass is 221 g/mol. The Bertz CT molecular complexity index is 513. The van der Waals surface area contributed by atoms with E-state index in [1.165, 1.54) is 6.20 Å². The number of carbonyl (C=O) groups is 1. The minimum atomic E-state index is -1.06. The summed E-state index contributed by atoms with van der Waals surface area (Å²) in [5, 5.41) is 16.5. The smallest absolute Gasteiger partial charge is 0.341 e. The number of hydrogen-bond acceptors (Lipinski definition) is 4. The molecule has 0 aliphatic carbocycles. The molecule has 0 aliphatic rings. The molecule has 0 atom stereocenters. The summed E-state index contributed by atoms with van der Waals surface area (Å²) in [6.07, 6.45) is 4.48.